The van der Waals surface area contributed by atoms with Gasteiger partial charge in [-0.1, -0.05) is 6.58 Å². The SMILES string of the molecule is C=C(C)C(=O)OCCCC(CCOP(=O)(O)O)[N+](C)(C)C. The van der Waals surface area contributed by atoms with Gasteiger partial charge in [0.1, 0.15) is 0 Å². The van der Waals surface area contributed by atoms with Crippen molar-refractivity contribution in [3.8, 4) is 0 Å². The standard InChI is InChI=1S/C13H26NO6P/c1-11(2)13(15)19-9-6-7-12(14(3,4)5)8-10-20-21(16,17)18/h12H,1,6-10H2,2-5H3,(H-,16,17,18)/p+1. The number of phosphoric ester groups is 1. The van der Waals surface area contributed by atoms with E-state index in [1.54, 1.807) is 6.92 Å². The molecule has 0 aliphatic carbocycles. The van der Waals surface area contributed by atoms with Crippen LogP contribution in [0.25, 0.3) is 0 Å². The van der Waals surface area contributed by atoms with Gasteiger partial charge in [0.2, 0.25) is 0 Å². The molecule has 124 valence electrons. The third kappa shape index (κ3) is 10.6. The first-order chi connectivity index (χ1) is 9.43. The van der Waals surface area contributed by atoms with E-state index in [1.807, 2.05) is 21.1 Å². The van der Waals surface area contributed by atoms with Gasteiger partial charge in [0, 0.05) is 18.4 Å². The molecule has 0 aromatic carbocycles. The molecule has 0 heterocycles. The van der Waals surface area contributed by atoms with Gasteiger partial charge in [-0.05, 0) is 13.3 Å². The van der Waals surface area contributed by atoms with Gasteiger partial charge in [-0.25, -0.2) is 9.36 Å². The van der Waals surface area contributed by atoms with Crippen molar-refractivity contribution in [2.75, 3.05) is 34.4 Å². The number of hydrogen-bond donors (Lipinski definition) is 2. The van der Waals surface area contributed by atoms with Gasteiger partial charge < -0.3 is 19.0 Å². The summed E-state index contributed by atoms with van der Waals surface area (Å²) in [4.78, 5) is 28.6. The fraction of sp³-hybridized carbons (Fsp3) is 0.769. The zero-order valence-corrected chi connectivity index (χ0v) is 14.1. The highest BCUT2D eigenvalue weighted by Gasteiger charge is 2.25. The van der Waals surface area contributed by atoms with Crippen LogP contribution >= 0.6 is 7.82 Å². The van der Waals surface area contributed by atoms with Crippen molar-refractivity contribution in [3.05, 3.63) is 12.2 Å². The molecule has 0 radical (unpaired) electrons. The number of carbonyl (C=O) groups is 1. The Labute approximate surface area is 126 Å². The second-order valence-electron chi connectivity index (χ2n) is 5.94. The lowest BCUT2D eigenvalue weighted by Crippen LogP contribution is -2.45. The first kappa shape index (κ1) is 20.3. The summed E-state index contributed by atoms with van der Waals surface area (Å²) in [7, 11) is 1.59. The summed E-state index contributed by atoms with van der Waals surface area (Å²) in [5.74, 6) is -0.401. The van der Waals surface area contributed by atoms with Crippen molar-refractivity contribution in [2.24, 2.45) is 0 Å². The van der Waals surface area contributed by atoms with E-state index < -0.39 is 13.8 Å². The highest BCUT2D eigenvalue weighted by molar-refractivity contribution is 7.46. The number of esters is 1. The molecule has 21 heavy (non-hydrogen) atoms. The Morgan fingerprint density at radius 3 is 2.24 bits per heavy atom. The zero-order chi connectivity index (χ0) is 16.7. The lowest BCUT2D eigenvalue weighted by molar-refractivity contribution is -0.896. The Hall–Kier alpha value is -0.720. The molecule has 0 saturated carbocycles. The van der Waals surface area contributed by atoms with Crippen LogP contribution in [0.4, 0.5) is 0 Å². The Bertz CT molecular complexity index is 398. The van der Waals surface area contributed by atoms with Gasteiger partial charge in [-0.2, -0.15) is 0 Å². The van der Waals surface area contributed by atoms with Crippen LogP contribution < -0.4 is 0 Å². The summed E-state index contributed by atoms with van der Waals surface area (Å²) in [5, 5.41) is 0. The van der Waals surface area contributed by atoms with Gasteiger partial charge in [0.15, 0.2) is 0 Å². The van der Waals surface area contributed by atoms with Crippen LogP contribution in [0.1, 0.15) is 26.2 Å². The number of quaternary nitrogens is 1. The Kier molecular flexibility index (Phi) is 8.36. The van der Waals surface area contributed by atoms with Crippen LogP contribution in [-0.2, 0) is 18.6 Å². The molecule has 7 nitrogen and oxygen atoms in total. The topological polar surface area (TPSA) is 93.1 Å². The molecule has 0 aliphatic rings. The van der Waals surface area contributed by atoms with Gasteiger partial charge in [-0.3, -0.25) is 4.52 Å². The van der Waals surface area contributed by atoms with E-state index in [0.717, 1.165) is 6.42 Å². The quantitative estimate of drug-likeness (QED) is 0.208. The third-order valence-corrected chi connectivity index (χ3v) is 3.59. The summed E-state index contributed by atoms with van der Waals surface area (Å²) in [6.45, 7) is 5.40. The van der Waals surface area contributed by atoms with E-state index >= 15 is 0 Å². The predicted molar refractivity (Wildman–Crippen MR) is 79.4 cm³/mol. The number of hydrogen-bond acceptors (Lipinski definition) is 4. The van der Waals surface area contributed by atoms with E-state index in [1.165, 1.54) is 0 Å². The largest absolute Gasteiger partial charge is 0.469 e. The Morgan fingerprint density at radius 2 is 1.81 bits per heavy atom. The van der Waals surface area contributed by atoms with E-state index in [4.69, 9.17) is 14.5 Å². The number of phosphoric acid groups is 1. The van der Waals surface area contributed by atoms with E-state index in [2.05, 4.69) is 11.1 Å². The van der Waals surface area contributed by atoms with Crippen molar-refractivity contribution in [1.29, 1.82) is 0 Å². The van der Waals surface area contributed by atoms with Crippen molar-refractivity contribution < 1.29 is 32.9 Å². The normalized spacial score (nSPS) is 13.8. The molecule has 2 N–H and O–H groups in total. The summed E-state index contributed by atoms with van der Waals surface area (Å²) < 4.78 is 20.8. The molecule has 0 fully saturated rings. The molecule has 0 aromatic rings. The second-order valence-corrected chi connectivity index (χ2v) is 7.18. The smallest absolute Gasteiger partial charge is 0.462 e. The van der Waals surface area contributed by atoms with E-state index in [9.17, 15) is 9.36 Å². The average molecular weight is 324 g/mol. The van der Waals surface area contributed by atoms with Crippen molar-refractivity contribution in [3.63, 3.8) is 0 Å². The zero-order valence-electron chi connectivity index (χ0n) is 13.2. The molecule has 1 atom stereocenters. The third-order valence-electron chi connectivity index (χ3n) is 3.07. The number of ether oxygens (including phenoxy) is 1. The van der Waals surface area contributed by atoms with Gasteiger partial charge >= 0.3 is 13.8 Å². The second kappa shape index (κ2) is 8.66. The molecule has 0 aliphatic heterocycles. The predicted octanol–water partition coefficient (Wildman–Crippen LogP) is 1.46. The highest BCUT2D eigenvalue weighted by Crippen LogP contribution is 2.36. The van der Waals surface area contributed by atoms with E-state index in [-0.39, 0.29) is 12.6 Å². The molecule has 0 aromatic heterocycles. The van der Waals surface area contributed by atoms with Gasteiger partial charge in [0.05, 0.1) is 40.4 Å². The lowest BCUT2D eigenvalue weighted by atomic mass is 10.1. The summed E-state index contributed by atoms with van der Waals surface area (Å²) in [5.41, 5.74) is 0.369. The maximum atomic E-state index is 11.2. The Morgan fingerprint density at radius 1 is 1.24 bits per heavy atom. The summed E-state index contributed by atoms with van der Waals surface area (Å²) >= 11 is 0. The minimum Gasteiger partial charge on any atom is -0.462 e. The highest BCUT2D eigenvalue weighted by atomic mass is 31.2. The molecule has 8 heteroatoms. The Balaban J connectivity index is 4.18. The fourth-order valence-corrected chi connectivity index (χ4v) is 2.18. The van der Waals surface area contributed by atoms with Crippen LogP contribution in [0.2, 0.25) is 0 Å². The molecule has 0 saturated heterocycles. The van der Waals surface area contributed by atoms with Crippen LogP contribution in [0, 0.1) is 0 Å². The molecule has 0 bridgehead atoms. The number of carbonyl (C=O) groups excluding carboxylic acids is 1. The molecular weight excluding hydrogens is 297 g/mol. The molecule has 0 amide bonds. The van der Waals surface area contributed by atoms with E-state index in [0.29, 0.717) is 29.5 Å². The van der Waals surface area contributed by atoms with Gasteiger partial charge in [-0.15, -0.1) is 0 Å². The van der Waals surface area contributed by atoms with Crippen LogP contribution in [-0.4, -0.2) is 60.6 Å². The fourth-order valence-electron chi connectivity index (χ4n) is 1.83. The lowest BCUT2D eigenvalue weighted by Gasteiger charge is -2.34. The molecule has 1 unspecified atom stereocenters. The maximum absolute atomic E-state index is 11.2. The first-order valence-corrected chi connectivity index (χ1v) is 8.30. The maximum Gasteiger partial charge on any atom is 0.469 e. The van der Waals surface area contributed by atoms with Gasteiger partial charge in [0.25, 0.3) is 0 Å². The summed E-state index contributed by atoms with van der Waals surface area (Å²) in [6, 6.07) is 0.153. The van der Waals surface area contributed by atoms with Crippen molar-refractivity contribution in [2.45, 2.75) is 32.2 Å². The van der Waals surface area contributed by atoms with Crippen LogP contribution in [0.3, 0.4) is 0 Å². The monoisotopic (exact) mass is 324 g/mol. The van der Waals surface area contributed by atoms with Crippen LogP contribution in [0.15, 0.2) is 12.2 Å². The van der Waals surface area contributed by atoms with Crippen molar-refractivity contribution in [1.82, 2.24) is 0 Å². The molecular formula is C13H27NO6P+. The molecule has 0 spiro atoms. The van der Waals surface area contributed by atoms with Crippen LogP contribution in [0.5, 0.6) is 0 Å². The summed E-state index contributed by atoms with van der Waals surface area (Å²) in [6.07, 6.45) is 1.95. The first-order valence-electron chi connectivity index (χ1n) is 6.77. The minimum absolute atomic E-state index is 0.00395. The minimum atomic E-state index is -4.42. The molecule has 0 rings (SSSR count). The van der Waals surface area contributed by atoms with Crippen molar-refractivity contribution >= 4 is 13.8 Å². The average Bonchev–Trinajstić information content (AvgIpc) is 2.28. The number of nitrogens with zero attached hydrogens (tertiary/aromatic N) is 1. The number of rotatable bonds is 10.